The first-order valence-corrected chi connectivity index (χ1v) is 8.73. The number of nitrogens with one attached hydrogen (secondary N) is 1. The maximum Gasteiger partial charge on any atom is 0.270 e. The second-order valence-electron chi connectivity index (χ2n) is 6.16. The van der Waals surface area contributed by atoms with Gasteiger partial charge in [0.25, 0.3) is 11.5 Å². The maximum atomic E-state index is 13.5. The van der Waals surface area contributed by atoms with Gasteiger partial charge in [0.05, 0.1) is 12.2 Å². The van der Waals surface area contributed by atoms with E-state index in [4.69, 9.17) is 0 Å². The Kier molecular flexibility index (Phi) is 5.88. The molecule has 0 fully saturated rings. The van der Waals surface area contributed by atoms with E-state index >= 15 is 0 Å². The van der Waals surface area contributed by atoms with Gasteiger partial charge in [0.15, 0.2) is 11.6 Å². The van der Waals surface area contributed by atoms with Crippen LogP contribution >= 0.6 is 0 Å². The average Bonchev–Trinajstić information content (AvgIpc) is 2.71. The van der Waals surface area contributed by atoms with Crippen molar-refractivity contribution in [2.75, 3.05) is 0 Å². The highest BCUT2D eigenvalue weighted by Crippen LogP contribution is 2.18. The Bertz CT molecular complexity index is 1040. The Morgan fingerprint density at radius 2 is 1.96 bits per heavy atom. The largest absolute Gasteiger partial charge is 0.346 e. The molecule has 1 amide bonds. The SMILES string of the molecule is CC[C@H](Cn1nc(-c2ccc(F)c(F)c2)ccc1=O)NC(=O)c1ccccn1. The van der Waals surface area contributed by atoms with Gasteiger partial charge in [-0.3, -0.25) is 14.6 Å². The summed E-state index contributed by atoms with van der Waals surface area (Å²) in [6.07, 6.45) is 2.08. The fraction of sp³-hybridized carbons (Fsp3) is 0.200. The van der Waals surface area contributed by atoms with Crippen molar-refractivity contribution in [3.8, 4) is 11.3 Å². The second-order valence-corrected chi connectivity index (χ2v) is 6.16. The van der Waals surface area contributed by atoms with E-state index < -0.39 is 11.6 Å². The lowest BCUT2D eigenvalue weighted by atomic mass is 10.1. The Balaban J connectivity index is 1.81. The van der Waals surface area contributed by atoms with Crippen LogP contribution in [0.1, 0.15) is 23.8 Å². The zero-order chi connectivity index (χ0) is 20.1. The van der Waals surface area contributed by atoms with Crippen LogP contribution in [-0.2, 0) is 6.54 Å². The van der Waals surface area contributed by atoms with Crippen molar-refractivity contribution in [3.05, 3.63) is 82.4 Å². The molecule has 0 aliphatic rings. The molecule has 28 heavy (non-hydrogen) atoms. The zero-order valence-electron chi connectivity index (χ0n) is 15.1. The van der Waals surface area contributed by atoms with Crippen molar-refractivity contribution >= 4 is 5.91 Å². The van der Waals surface area contributed by atoms with Crippen molar-refractivity contribution in [1.82, 2.24) is 20.1 Å². The molecule has 3 aromatic rings. The van der Waals surface area contributed by atoms with E-state index in [-0.39, 0.29) is 29.7 Å². The monoisotopic (exact) mass is 384 g/mol. The fourth-order valence-corrected chi connectivity index (χ4v) is 2.63. The lowest BCUT2D eigenvalue weighted by molar-refractivity contribution is 0.0925. The van der Waals surface area contributed by atoms with Crippen LogP contribution in [0.4, 0.5) is 8.78 Å². The molecule has 0 aliphatic heterocycles. The number of amides is 1. The first-order chi connectivity index (χ1) is 13.5. The molecular weight excluding hydrogens is 366 g/mol. The number of carbonyl (C=O) groups is 1. The van der Waals surface area contributed by atoms with E-state index in [1.165, 1.54) is 29.1 Å². The van der Waals surface area contributed by atoms with Gasteiger partial charge < -0.3 is 5.32 Å². The van der Waals surface area contributed by atoms with Crippen LogP contribution < -0.4 is 10.9 Å². The number of rotatable bonds is 6. The molecule has 144 valence electrons. The molecular formula is C20H18F2N4O2. The topological polar surface area (TPSA) is 76.9 Å². The van der Waals surface area contributed by atoms with Crippen LogP contribution in [-0.4, -0.2) is 26.7 Å². The molecule has 2 aromatic heterocycles. The summed E-state index contributed by atoms with van der Waals surface area (Å²) in [6, 6.07) is 10.8. The number of benzene rings is 1. The van der Waals surface area contributed by atoms with Gasteiger partial charge in [0, 0.05) is 23.9 Å². The van der Waals surface area contributed by atoms with E-state index in [9.17, 15) is 18.4 Å². The molecule has 1 atom stereocenters. The molecule has 0 radical (unpaired) electrons. The summed E-state index contributed by atoms with van der Waals surface area (Å²) < 4.78 is 27.8. The van der Waals surface area contributed by atoms with Gasteiger partial charge in [-0.15, -0.1) is 0 Å². The molecule has 2 heterocycles. The van der Waals surface area contributed by atoms with E-state index in [1.54, 1.807) is 18.2 Å². The Labute approximate surface area is 159 Å². The first-order valence-electron chi connectivity index (χ1n) is 8.73. The molecule has 6 nitrogen and oxygen atoms in total. The summed E-state index contributed by atoms with van der Waals surface area (Å²) in [4.78, 5) is 28.5. The number of hydrogen-bond acceptors (Lipinski definition) is 4. The smallest absolute Gasteiger partial charge is 0.270 e. The van der Waals surface area contributed by atoms with Crippen molar-refractivity contribution in [3.63, 3.8) is 0 Å². The number of carbonyl (C=O) groups excluding carboxylic acids is 1. The molecule has 0 spiro atoms. The van der Waals surface area contributed by atoms with Gasteiger partial charge >= 0.3 is 0 Å². The van der Waals surface area contributed by atoms with Crippen LogP contribution in [0, 0.1) is 11.6 Å². The molecule has 0 saturated heterocycles. The predicted octanol–water partition coefficient (Wildman–Crippen LogP) is 2.79. The van der Waals surface area contributed by atoms with E-state index in [0.29, 0.717) is 17.7 Å². The summed E-state index contributed by atoms with van der Waals surface area (Å²) in [5.41, 5.74) is 0.580. The number of hydrogen-bond donors (Lipinski definition) is 1. The molecule has 1 aromatic carbocycles. The Morgan fingerprint density at radius 1 is 1.14 bits per heavy atom. The number of nitrogens with zero attached hydrogens (tertiary/aromatic N) is 3. The van der Waals surface area contributed by atoms with Gasteiger partial charge in [0.2, 0.25) is 0 Å². The van der Waals surface area contributed by atoms with Crippen LogP contribution in [0.3, 0.4) is 0 Å². The minimum atomic E-state index is -0.994. The van der Waals surface area contributed by atoms with Gasteiger partial charge in [-0.1, -0.05) is 13.0 Å². The Morgan fingerprint density at radius 3 is 2.64 bits per heavy atom. The molecule has 8 heteroatoms. The molecule has 0 unspecified atom stereocenters. The number of aromatic nitrogens is 3. The van der Waals surface area contributed by atoms with E-state index in [1.807, 2.05) is 6.92 Å². The van der Waals surface area contributed by atoms with Crippen LogP contribution in [0.5, 0.6) is 0 Å². The second kappa shape index (κ2) is 8.51. The van der Waals surface area contributed by atoms with Gasteiger partial charge in [-0.05, 0) is 42.8 Å². The maximum absolute atomic E-state index is 13.5. The van der Waals surface area contributed by atoms with Crippen molar-refractivity contribution in [2.24, 2.45) is 0 Å². The predicted molar refractivity (Wildman–Crippen MR) is 99.6 cm³/mol. The highest BCUT2D eigenvalue weighted by molar-refractivity contribution is 5.92. The fourth-order valence-electron chi connectivity index (χ4n) is 2.63. The summed E-state index contributed by atoms with van der Waals surface area (Å²) in [5, 5.41) is 7.05. The molecule has 3 rings (SSSR count). The lowest BCUT2D eigenvalue weighted by Gasteiger charge is -2.18. The highest BCUT2D eigenvalue weighted by Gasteiger charge is 2.15. The average molecular weight is 384 g/mol. The van der Waals surface area contributed by atoms with Crippen molar-refractivity contribution in [1.29, 1.82) is 0 Å². The normalized spacial score (nSPS) is 11.8. The van der Waals surface area contributed by atoms with Gasteiger partial charge in [-0.2, -0.15) is 5.10 Å². The summed E-state index contributed by atoms with van der Waals surface area (Å²) in [5.74, 6) is -2.30. The third kappa shape index (κ3) is 4.46. The summed E-state index contributed by atoms with van der Waals surface area (Å²) >= 11 is 0. The quantitative estimate of drug-likeness (QED) is 0.709. The van der Waals surface area contributed by atoms with Crippen molar-refractivity contribution in [2.45, 2.75) is 25.9 Å². The third-order valence-corrected chi connectivity index (χ3v) is 4.20. The number of halogens is 2. The van der Waals surface area contributed by atoms with Crippen LogP contribution in [0.2, 0.25) is 0 Å². The minimum Gasteiger partial charge on any atom is -0.346 e. The molecule has 1 N–H and O–H groups in total. The summed E-state index contributed by atoms with van der Waals surface area (Å²) in [6.45, 7) is 2.00. The van der Waals surface area contributed by atoms with Crippen LogP contribution in [0.25, 0.3) is 11.3 Å². The van der Waals surface area contributed by atoms with E-state index in [2.05, 4.69) is 15.4 Å². The van der Waals surface area contributed by atoms with Crippen molar-refractivity contribution < 1.29 is 13.6 Å². The summed E-state index contributed by atoms with van der Waals surface area (Å²) in [7, 11) is 0. The standard InChI is InChI=1S/C20H18F2N4O2/c1-2-14(24-20(28)18-5-3-4-10-23-18)12-26-19(27)9-8-17(25-26)13-6-7-15(21)16(22)11-13/h3-11,14H,2,12H2,1H3,(H,24,28)/t14-/m1/s1. The number of pyridine rings is 1. The third-order valence-electron chi connectivity index (χ3n) is 4.20. The minimum absolute atomic E-state index is 0.130. The lowest BCUT2D eigenvalue weighted by Crippen LogP contribution is -2.40. The Hall–Kier alpha value is -3.42. The zero-order valence-corrected chi connectivity index (χ0v) is 15.1. The molecule has 0 saturated carbocycles. The molecule has 0 aliphatic carbocycles. The van der Waals surface area contributed by atoms with Crippen LogP contribution in [0.15, 0.2) is 59.5 Å². The first kappa shape index (κ1) is 19.3. The van der Waals surface area contributed by atoms with Gasteiger partial charge in [0.1, 0.15) is 5.69 Å². The molecule has 0 bridgehead atoms. The highest BCUT2D eigenvalue weighted by atomic mass is 19.2. The van der Waals surface area contributed by atoms with E-state index in [0.717, 1.165) is 12.1 Å². The van der Waals surface area contributed by atoms with Gasteiger partial charge in [-0.25, -0.2) is 13.5 Å².